The predicted octanol–water partition coefficient (Wildman–Crippen LogP) is 5.30. The first-order valence-corrected chi connectivity index (χ1v) is 11.1. The van der Waals surface area contributed by atoms with Crippen LogP contribution in [0.15, 0.2) is 4.99 Å². The molecule has 0 aliphatic carbocycles. The Bertz CT molecular complexity index is 752. The van der Waals surface area contributed by atoms with E-state index in [1.165, 1.54) is 6.42 Å². The van der Waals surface area contributed by atoms with Crippen molar-refractivity contribution in [2.45, 2.75) is 116 Å². The van der Waals surface area contributed by atoms with Crippen LogP contribution in [0.1, 0.15) is 87.5 Å². The maximum atomic E-state index is 6.47. The lowest BCUT2D eigenvalue weighted by molar-refractivity contribution is 0.216. The molecule has 6 nitrogen and oxygen atoms in total. The molecule has 0 radical (unpaired) electrons. The molecule has 7 heteroatoms. The first-order chi connectivity index (χ1) is 13.2. The normalized spacial score (nSPS) is 25.7. The summed E-state index contributed by atoms with van der Waals surface area (Å²) in [5.41, 5.74) is -0.450. The molecule has 0 saturated carbocycles. The minimum Gasteiger partial charge on any atom is -0.330 e. The van der Waals surface area contributed by atoms with E-state index in [4.69, 9.17) is 16.6 Å². The van der Waals surface area contributed by atoms with Crippen molar-refractivity contribution in [1.29, 1.82) is 0 Å². The molecular formula is C22H37ClN6. The van der Waals surface area contributed by atoms with Crippen LogP contribution in [0.4, 0.5) is 11.9 Å². The van der Waals surface area contributed by atoms with Crippen LogP contribution in [0.5, 0.6) is 0 Å². The molecule has 0 aromatic carbocycles. The maximum Gasteiger partial charge on any atom is 0.232 e. The van der Waals surface area contributed by atoms with Crippen molar-refractivity contribution in [2.75, 3.05) is 9.80 Å². The van der Waals surface area contributed by atoms with Crippen LogP contribution in [0.25, 0.3) is 0 Å². The van der Waals surface area contributed by atoms with Crippen molar-refractivity contribution in [2.24, 2.45) is 4.99 Å². The van der Waals surface area contributed by atoms with Gasteiger partial charge in [-0.2, -0.15) is 15.0 Å². The van der Waals surface area contributed by atoms with Crippen molar-refractivity contribution < 1.29 is 0 Å². The standard InChI is InChI=1S/C22H37ClN6/c1-19(2)11-10-12-20(3,4)28(19)17-25-16(23)26-18(27-17)29-21(5,6)13-15(24-9)14-22(29,7)8/h15H,9-14H2,1-8H3. The molecule has 2 aliphatic rings. The highest BCUT2D eigenvalue weighted by Gasteiger charge is 2.48. The summed E-state index contributed by atoms with van der Waals surface area (Å²) in [5, 5.41) is 0.248. The zero-order chi connectivity index (χ0) is 21.8. The maximum absolute atomic E-state index is 6.47. The Morgan fingerprint density at radius 1 is 0.793 bits per heavy atom. The Hall–Kier alpha value is -1.43. The highest BCUT2D eigenvalue weighted by atomic mass is 35.5. The number of halogens is 1. The van der Waals surface area contributed by atoms with Crippen LogP contribution in [0, 0.1) is 0 Å². The Balaban J connectivity index is 2.11. The van der Waals surface area contributed by atoms with Gasteiger partial charge in [0.2, 0.25) is 17.2 Å². The van der Waals surface area contributed by atoms with Gasteiger partial charge in [-0.3, -0.25) is 4.99 Å². The third kappa shape index (κ3) is 4.10. The second-order valence-electron chi connectivity index (χ2n) is 11.2. The molecule has 29 heavy (non-hydrogen) atoms. The lowest BCUT2D eigenvalue weighted by Gasteiger charge is -2.55. The first kappa shape index (κ1) is 22.3. The van der Waals surface area contributed by atoms with E-state index in [0.29, 0.717) is 11.9 Å². The van der Waals surface area contributed by atoms with Crippen LogP contribution >= 0.6 is 11.6 Å². The topological polar surface area (TPSA) is 57.5 Å². The molecule has 0 bridgehead atoms. The van der Waals surface area contributed by atoms with E-state index in [2.05, 4.69) is 86.9 Å². The van der Waals surface area contributed by atoms with Gasteiger partial charge in [0.1, 0.15) is 0 Å². The molecule has 1 aromatic heterocycles. The van der Waals surface area contributed by atoms with E-state index in [-0.39, 0.29) is 33.5 Å². The molecule has 0 amide bonds. The molecule has 2 aliphatic heterocycles. The van der Waals surface area contributed by atoms with Crippen LogP contribution in [-0.4, -0.2) is 49.9 Å². The van der Waals surface area contributed by atoms with Gasteiger partial charge in [0.05, 0.1) is 6.04 Å². The average Bonchev–Trinajstić information content (AvgIpc) is 2.49. The van der Waals surface area contributed by atoms with E-state index < -0.39 is 0 Å². The van der Waals surface area contributed by atoms with E-state index in [1.54, 1.807) is 0 Å². The smallest absolute Gasteiger partial charge is 0.232 e. The number of aliphatic imine (C=N–C) groups is 1. The molecule has 3 rings (SSSR count). The van der Waals surface area contributed by atoms with Gasteiger partial charge < -0.3 is 9.80 Å². The number of aromatic nitrogens is 3. The third-order valence-electron chi connectivity index (χ3n) is 6.71. The van der Waals surface area contributed by atoms with Gasteiger partial charge in [0.25, 0.3) is 0 Å². The van der Waals surface area contributed by atoms with Gasteiger partial charge in [0, 0.05) is 22.2 Å². The quantitative estimate of drug-likeness (QED) is 0.621. The van der Waals surface area contributed by atoms with E-state index in [9.17, 15) is 0 Å². The zero-order valence-corrected chi connectivity index (χ0v) is 20.1. The summed E-state index contributed by atoms with van der Waals surface area (Å²) in [5.74, 6) is 1.32. The van der Waals surface area contributed by atoms with Gasteiger partial charge >= 0.3 is 0 Å². The van der Waals surface area contributed by atoms with E-state index >= 15 is 0 Å². The van der Waals surface area contributed by atoms with Gasteiger partial charge in [-0.05, 0) is 106 Å². The van der Waals surface area contributed by atoms with Crippen molar-refractivity contribution in [3.63, 3.8) is 0 Å². The Morgan fingerprint density at radius 2 is 1.21 bits per heavy atom. The lowest BCUT2D eigenvalue weighted by Crippen LogP contribution is -2.63. The summed E-state index contributed by atoms with van der Waals surface area (Å²) in [6.45, 7) is 21.7. The molecule has 0 N–H and O–H groups in total. The van der Waals surface area contributed by atoms with Gasteiger partial charge in [0.15, 0.2) is 0 Å². The SMILES string of the molecule is C=NC1CC(C)(C)N(c2nc(Cl)nc(N3C(C)(C)CCCC3(C)C)n2)C(C)(C)C1. The number of nitrogens with zero attached hydrogens (tertiary/aromatic N) is 6. The number of rotatable bonds is 3. The van der Waals surface area contributed by atoms with Crippen molar-refractivity contribution in [3.05, 3.63) is 5.28 Å². The molecule has 1 aromatic rings. The third-order valence-corrected chi connectivity index (χ3v) is 6.88. The highest BCUT2D eigenvalue weighted by Crippen LogP contribution is 2.44. The van der Waals surface area contributed by atoms with Crippen LogP contribution in [-0.2, 0) is 0 Å². The fourth-order valence-corrected chi connectivity index (χ4v) is 6.12. The molecule has 2 saturated heterocycles. The van der Waals surface area contributed by atoms with Crippen molar-refractivity contribution in [3.8, 4) is 0 Å². The Morgan fingerprint density at radius 3 is 1.62 bits per heavy atom. The highest BCUT2D eigenvalue weighted by molar-refractivity contribution is 6.28. The van der Waals surface area contributed by atoms with Crippen molar-refractivity contribution in [1.82, 2.24) is 15.0 Å². The monoisotopic (exact) mass is 420 g/mol. The lowest BCUT2D eigenvalue weighted by atomic mass is 9.77. The fraction of sp³-hybridized carbons (Fsp3) is 0.818. The van der Waals surface area contributed by atoms with Gasteiger partial charge in [-0.1, -0.05) is 0 Å². The van der Waals surface area contributed by atoms with E-state index in [0.717, 1.165) is 25.7 Å². The van der Waals surface area contributed by atoms with Gasteiger partial charge in [-0.25, -0.2) is 0 Å². The zero-order valence-electron chi connectivity index (χ0n) is 19.4. The molecule has 0 spiro atoms. The number of anilines is 2. The van der Waals surface area contributed by atoms with Crippen LogP contribution in [0.2, 0.25) is 5.28 Å². The molecular weight excluding hydrogens is 384 g/mol. The molecule has 0 unspecified atom stereocenters. The summed E-state index contributed by atoms with van der Waals surface area (Å²) in [7, 11) is 0. The van der Waals surface area contributed by atoms with Gasteiger partial charge in [-0.15, -0.1) is 0 Å². The Labute approximate surface area is 181 Å². The number of piperidine rings is 2. The molecule has 162 valence electrons. The summed E-state index contributed by atoms with van der Waals surface area (Å²) >= 11 is 6.47. The summed E-state index contributed by atoms with van der Waals surface area (Å²) < 4.78 is 0. The second-order valence-corrected chi connectivity index (χ2v) is 11.6. The largest absolute Gasteiger partial charge is 0.330 e. The average molecular weight is 421 g/mol. The molecule has 3 heterocycles. The molecule has 2 fully saturated rings. The summed E-state index contributed by atoms with van der Waals surface area (Å²) in [4.78, 5) is 23.2. The van der Waals surface area contributed by atoms with Crippen LogP contribution < -0.4 is 9.80 Å². The number of hydrogen-bond acceptors (Lipinski definition) is 6. The summed E-state index contributed by atoms with van der Waals surface area (Å²) in [6, 6.07) is 0.230. The predicted molar refractivity (Wildman–Crippen MR) is 123 cm³/mol. The first-order valence-electron chi connectivity index (χ1n) is 10.7. The molecule has 0 atom stereocenters. The second kappa shape index (κ2) is 7.07. The minimum atomic E-state index is -0.178. The number of hydrogen-bond donors (Lipinski definition) is 0. The Kier molecular flexibility index (Phi) is 5.43. The van der Waals surface area contributed by atoms with E-state index in [1.807, 2.05) is 0 Å². The van der Waals surface area contributed by atoms with Crippen LogP contribution in [0.3, 0.4) is 0 Å². The minimum absolute atomic E-state index is 0.0471. The summed E-state index contributed by atoms with van der Waals surface area (Å²) in [6.07, 6.45) is 5.20. The van der Waals surface area contributed by atoms with Crippen molar-refractivity contribution >= 4 is 30.2 Å². The fourth-order valence-electron chi connectivity index (χ4n) is 5.97.